The summed E-state index contributed by atoms with van der Waals surface area (Å²) in [4.78, 5) is 9.67. The van der Waals surface area contributed by atoms with E-state index in [1.165, 1.54) is 12.1 Å². The first-order valence-electron chi connectivity index (χ1n) is 3.22. The van der Waals surface area contributed by atoms with Gasteiger partial charge in [0.2, 0.25) is 0 Å². The van der Waals surface area contributed by atoms with Gasteiger partial charge in [0.05, 0.1) is 0 Å². The van der Waals surface area contributed by atoms with Crippen molar-refractivity contribution in [3.05, 3.63) is 28.3 Å². The van der Waals surface area contributed by atoms with Crippen LogP contribution >= 0.6 is 0 Å². The number of anilines is 1. The first-order chi connectivity index (χ1) is 6.02. The van der Waals surface area contributed by atoms with Crippen molar-refractivity contribution >= 4 is 30.7 Å². The summed E-state index contributed by atoms with van der Waals surface area (Å²) in [6, 6.07) is 3.60. The molecule has 0 spiro atoms. The summed E-state index contributed by atoms with van der Waals surface area (Å²) in [7, 11) is 0. The van der Waals surface area contributed by atoms with Crippen LogP contribution in [-0.4, -0.2) is 24.0 Å². The molecule has 7 heteroatoms. The third-order valence-electron chi connectivity index (χ3n) is 1.43. The summed E-state index contributed by atoms with van der Waals surface area (Å²) in [6.45, 7) is 0. The molecule has 13 heavy (non-hydrogen) atoms. The molecule has 0 aliphatic heterocycles. The Hall–Kier alpha value is -1.26. The van der Waals surface area contributed by atoms with Crippen molar-refractivity contribution in [1.82, 2.24) is 0 Å². The van der Waals surface area contributed by atoms with Gasteiger partial charge in [0.15, 0.2) is 0 Å². The molecule has 0 heterocycles. The molecular weight excluding hydrogens is 239 g/mol. The quantitative estimate of drug-likeness (QED) is 0.310. The zero-order chi connectivity index (χ0) is 10.0. The molecule has 69 valence electrons. The Morgan fingerprint density at radius 3 is 2.62 bits per heavy atom. The molecular formula is C6H6AsN2O4. The van der Waals surface area contributed by atoms with E-state index in [-0.39, 0.29) is 15.7 Å². The van der Waals surface area contributed by atoms with Crippen LogP contribution in [-0.2, 0) is 3.74 Å². The third kappa shape index (κ3) is 2.10. The van der Waals surface area contributed by atoms with Gasteiger partial charge in [-0.2, -0.15) is 0 Å². The van der Waals surface area contributed by atoms with Crippen molar-refractivity contribution in [2.45, 2.75) is 0 Å². The number of nitrogens with two attached hydrogens (primary N) is 1. The summed E-state index contributed by atoms with van der Waals surface area (Å²) in [5.41, 5.74) is 4.94. The van der Waals surface area contributed by atoms with Crippen molar-refractivity contribution in [3.8, 4) is 0 Å². The second kappa shape index (κ2) is 3.63. The van der Waals surface area contributed by atoms with Crippen molar-refractivity contribution in [3.63, 3.8) is 0 Å². The van der Waals surface area contributed by atoms with E-state index < -0.39 is 19.9 Å². The van der Waals surface area contributed by atoms with Gasteiger partial charge in [0.25, 0.3) is 0 Å². The second-order valence-corrected chi connectivity index (χ2v) is 4.50. The molecule has 0 aromatic heterocycles. The van der Waals surface area contributed by atoms with E-state index in [4.69, 9.17) is 9.83 Å². The maximum absolute atomic E-state index is 10.7. The van der Waals surface area contributed by atoms with E-state index >= 15 is 0 Å². The van der Waals surface area contributed by atoms with E-state index in [0.29, 0.717) is 0 Å². The Morgan fingerprint density at radius 2 is 2.15 bits per heavy atom. The van der Waals surface area contributed by atoms with E-state index in [2.05, 4.69) is 0 Å². The number of hydrogen-bond acceptors (Lipinski definition) is 4. The van der Waals surface area contributed by atoms with Gasteiger partial charge in [-0.1, -0.05) is 0 Å². The summed E-state index contributed by atoms with van der Waals surface area (Å²) in [6.07, 6.45) is 0. The summed E-state index contributed by atoms with van der Waals surface area (Å²) in [5.74, 6) is 0. The molecule has 0 saturated heterocycles. The average molecular weight is 245 g/mol. The van der Waals surface area contributed by atoms with Crippen LogP contribution in [0.1, 0.15) is 0 Å². The van der Waals surface area contributed by atoms with Gasteiger partial charge in [-0.05, 0) is 0 Å². The molecule has 0 aliphatic rings. The topological polar surface area (TPSA) is 106 Å². The molecule has 0 amide bonds. The molecule has 3 N–H and O–H groups in total. The molecule has 1 aromatic rings. The Morgan fingerprint density at radius 1 is 1.54 bits per heavy atom. The number of rotatable bonds is 2. The standard InChI is InChI=1S/C6H6AsN2O4/c8-5-2-1-4(7(10)11)3-6(5)9(12)13/h1-3H,8H2,(H,10,11). The number of nitrogens with zero attached hydrogens (tertiary/aromatic N) is 1. The van der Waals surface area contributed by atoms with Crippen LogP contribution in [0.15, 0.2) is 18.2 Å². The Bertz CT molecular complexity index is 379. The molecule has 0 aliphatic carbocycles. The maximum atomic E-state index is 10.7. The van der Waals surface area contributed by atoms with Gasteiger partial charge in [-0.15, -0.1) is 0 Å². The molecule has 0 fully saturated rings. The fourth-order valence-electron chi connectivity index (χ4n) is 0.809. The SMILES string of the molecule is Nc1ccc([As](=O)O)cc1[N+](=O)[O-]. The van der Waals surface area contributed by atoms with Crippen molar-refractivity contribution in [2.75, 3.05) is 5.73 Å². The summed E-state index contributed by atoms with van der Waals surface area (Å²) < 4.78 is 19.5. The van der Waals surface area contributed by atoms with Gasteiger partial charge in [-0.3, -0.25) is 0 Å². The number of benzene rings is 1. The van der Waals surface area contributed by atoms with Crippen LogP contribution in [0.5, 0.6) is 0 Å². The van der Waals surface area contributed by atoms with Crippen LogP contribution in [0.4, 0.5) is 11.4 Å². The Balaban J connectivity index is 3.27. The van der Waals surface area contributed by atoms with Crippen LogP contribution in [0.3, 0.4) is 0 Å². The van der Waals surface area contributed by atoms with Crippen molar-refractivity contribution in [1.29, 1.82) is 0 Å². The molecule has 1 unspecified atom stereocenters. The van der Waals surface area contributed by atoms with Crippen LogP contribution in [0.25, 0.3) is 0 Å². The predicted molar refractivity (Wildman–Crippen MR) is 45.8 cm³/mol. The average Bonchev–Trinajstić information content (AvgIpc) is 2.04. The van der Waals surface area contributed by atoms with Crippen molar-refractivity contribution in [2.24, 2.45) is 0 Å². The molecule has 0 saturated carbocycles. The van der Waals surface area contributed by atoms with Gasteiger partial charge in [0, 0.05) is 0 Å². The fourth-order valence-corrected chi connectivity index (χ4v) is 1.72. The van der Waals surface area contributed by atoms with Crippen LogP contribution in [0, 0.1) is 10.1 Å². The van der Waals surface area contributed by atoms with E-state index in [1.807, 2.05) is 0 Å². The predicted octanol–water partition coefficient (Wildman–Crippen LogP) is -0.705. The van der Waals surface area contributed by atoms with E-state index in [1.54, 1.807) is 0 Å². The van der Waals surface area contributed by atoms with Gasteiger partial charge >= 0.3 is 77.5 Å². The molecule has 1 radical (unpaired) electrons. The summed E-state index contributed by atoms with van der Waals surface area (Å²) >= 11 is -3.29. The molecule has 6 nitrogen and oxygen atoms in total. The number of hydrogen-bond donors (Lipinski definition) is 2. The van der Waals surface area contributed by atoms with Gasteiger partial charge in [0.1, 0.15) is 0 Å². The van der Waals surface area contributed by atoms with E-state index in [0.717, 1.165) is 6.07 Å². The van der Waals surface area contributed by atoms with Crippen LogP contribution < -0.4 is 10.1 Å². The molecule has 1 rings (SSSR count). The summed E-state index contributed by atoms with van der Waals surface area (Å²) in [5, 5.41) is 10.4. The Kier molecular flexibility index (Phi) is 2.75. The number of nitrogen functional groups attached to an aromatic ring is 1. The van der Waals surface area contributed by atoms with Crippen molar-refractivity contribution < 1.29 is 12.8 Å². The number of nitro groups is 1. The van der Waals surface area contributed by atoms with E-state index in [9.17, 15) is 13.9 Å². The molecule has 1 aromatic carbocycles. The molecule has 0 bridgehead atoms. The second-order valence-electron chi connectivity index (χ2n) is 2.27. The van der Waals surface area contributed by atoms with Gasteiger partial charge < -0.3 is 0 Å². The Labute approximate surface area is 78.0 Å². The normalized spacial score (nSPS) is 11.0. The monoisotopic (exact) mass is 245 g/mol. The first kappa shape index (κ1) is 9.82. The van der Waals surface area contributed by atoms with Crippen LogP contribution in [0.2, 0.25) is 0 Å². The molecule has 1 atom stereocenters. The van der Waals surface area contributed by atoms with Gasteiger partial charge in [-0.25, -0.2) is 0 Å². The number of nitro benzene ring substituents is 1. The first-order valence-corrected chi connectivity index (χ1v) is 5.77. The minimum absolute atomic E-state index is 0.00963. The zero-order valence-corrected chi connectivity index (χ0v) is 8.25. The zero-order valence-electron chi connectivity index (χ0n) is 6.38. The third-order valence-corrected chi connectivity index (χ3v) is 2.94. The fraction of sp³-hybridized carbons (Fsp3) is 0. The minimum atomic E-state index is -3.29.